The van der Waals surface area contributed by atoms with Crippen molar-refractivity contribution in [2.75, 3.05) is 6.54 Å². The van der Waals surface area contributed by atoms with Gasteiger partial charge in [-0.15, -0.1) is 0 Å². The van der Waals surface area contributed by atoms with Crippen molar-refractivity contribution in [1.82, 2.24) is 15.6 Å². The summed E-state index contributed by atoms with van der Waals surface area (Å²) in [7, 11) is 0. The molecule has 0 spiro atoms. The zero-order valence-electron chi connectivity index (χ0n) is 15.9. The Labute approximate surface area is 152 Å². The number of nitrogens with one attached hydrogen (secondary N) is 2. The predicted molar refractivity (Wildman–Crippen MR) is 97.9 cm³/mol. The predicted octanol–water partition coefficient (Wildman–Crippen LogP) is 4.07. The van der Waals surface area contributed by atoms with Crippen LogP contribution in [0.1, 0.15) is 57.9 Å². The van der Waals surface area contributed by atoms with Crippen molar-refractivity contribution < 1.29 is 13.2 Å². The van der Waals surface area contributed by atoms with Gasteiger partial charge >= 0.3 is 0 Å². The van der Waals surface area contributed by atoms with Gasteiger partial charge in [-0.3, -0.25) is 0 Å². The third kappa shape index (κ3) is 5.28. The van der Waals surface area contributed by atoms with Gasteiger partial charge in [0, 0.05) is 12.0 Å². The number of aliphatic imine (C=N–C) groups is 1. The van der Waals surface area contributed by atoms with E-state index < -0.39 is 11.6 Å². The van der Waals surface area contributed by atoms with Crippen LogP contribution in [0.5, 0.6) is 0 Å². The lowest BCUT2D eigenvalue weighted by atomic mass is 9.94. The minimum absolute atomic E-state index is 0.112. The van der Waals surface area contributed by atoms with E-state index >= 15 is 0 Å². The molecule has 0 saturated carbocycles. The van der Waals surface area contributed by atoms with E-state index in [0.717, 1.165) is 11.8 Å². The number of nitrogens with zero attached hydrogens (tertiary/aromatic N) is 2. The molecule has 0 aliphatic rings. The summed E-state index contributed by atoms with van der Waals surface area (Å²) in [6.45, 7) is 10.9. The lowest BCUT2D eigenvalue weighted by Gasteiger charge is -2.18. The van der Waals surface area contributed by atoms with Crippen molar-refractivity contribution in [2.24, 2.45) is 4.99 Å². The molecule has 0 aliphatic carbocycles. The summed E-state index contributed by atoms with van der Waals surface area (Å²) < 4.78 is 32.2. The van der Waals surface area contributed by atoms with Crippen molar-refractivity contribution in [3.63, 3.8) is 0 Å². The van der Waals surface area contributed by atoms with Crippen LogP contribution >= 0.6 is 0 Å². The topological polar surface area (TPSA) is 62.5 Å². The highest BCUT2D eigenvalue weighted by Gasteiger charge is 2.19. The van der Waals surface area contributed by atoms with Crippen LogP contribution in [0.2, 0.25) is 0 Å². The fraction of sp³-hybridized carbons (Fsp3) is 0.474. The summed E-state index contributed by atoms with van der Waals surface area (Å²) in [5, 5.41) is 6.29. The summed E-state index contributed by atoms with van der Waals surface area (Å²) in [6.07, 6.45) is 1.72. The average Bonchev–Trinajstić information content (AvgIpc) is 3.04. The molecule has 1 heterocycles. The zero-order valence-corrected chi connectivity index (χ0v) is 15.9. The van der Waals surface area contributed by atoms with Crippen LogP contribution in [0.25, 0.3) is 0 Å². The molecule has 1 aromatic carbocycles. The number of guanidine groups is 1. The van der Waals surface area contributed by atoms with Gasteiger partial charge in [0.15, 0.2) is 17.6 Å². The molecule has 1 aromatic heterocycles. The minimum atomic E-state index is -0.868. The van der Waals surface area contributed by atoms with Crippen LogP contribution in [0.4, 0.5) is 8.78 Å². The lowest BCUT2D eigenvalue weighted by Crippen LogP contribution is -2.38. The number of rotatable bonds is 5. The Hall–Kier alpha value is -2.44. The molecule has 1 unspecified atom stereocenters. The molecule has 0 bridgehead atoms. The van der Waals surface area contributed by atoms with Crippen molar-refractivity contribution in [1.29, 1.82) is 0 Å². The molecule has 26 heavy (non-hydrogen) atoms. The van der Waals surface area contributed by atoms with Crippen molar-refractivity contribution in [2.45, 2.75) is 52.6 Å². The van der Waals surface area contributed by atoms with Crippen LogP contribution in [-0.4, -0.2) is 17.5 Å². The lowest BCUT2D eigenvalue weighted by molar-refractivity contribution is 0.383. The minimum Gasteiger partial charge on any atom is -0.443 e. The van der Waals surface area contributed by atoms with Crippen molar-refractivity contribution >= 4 is 5.96 Å². The third-order valence-corrected chi connectivity index (χ3v) is 3.81. The van der Waals surface area contributed by atoms with E-state index in [4.69, 9.17) is 4.42 Å². The quantitative estimate of drug-likeness (QED) is 0.620. The van der Waals surface area contributed by atoms with Gasteiger partial charge in [-0.2, -0.15) is 0 Å². The fourth-order valence-electron chi connectivity index (χ4n) is 2.27. The van der Waals surface area contributed by atoms with E-state index in [1.807, 2.05) is 13.8 Å². The number of benzene rings is 1. The number of hydrogen-bond donors (Lipinski definition) is 2. The molecule has 7 heteroatoms. The second-order valence-electron chi connectivity index (χ2n) is 7.10. The molecule has 0 radical (unpaired) electrons. The zero-order chi connectivity index (χ0) is 19.3. The van der Waals surface area contributed by atoms with Gasteiger partial charge in [-0.05, 0) is 31.5 Å². The molecule has 2 aromatic rings. The maximum atomic E-state index is 13.4. The van der Waals surface area contributed by atoms with Crippen molar-refractivity contribution in [3.8, 4) is 0 Å². The number of aromatic nitrogens is 1. The molecule has 142 valence electrons. The summed E-state index contributed by atoms with van der Waals surface area (Å²) >= 11 is 0. The Bertz CT molecular complexity index is 765. The van der Waals surface area contributed by atoms with Gasteiger partial charge in [0.1, 0.15) is 12.3 Å². The van der Waals surface area contributed by atoms with Gasteiger partial charge in [0.25, 0.3) is 0 Å². The average molecular weight is 364 g/mol. The Morgan fingerprint density at radius 3 is 2.58 bits per heavy atom. The Morgan fingerprint density at radius 2 is 2.00 bits per heavy atom. The number of oxazole rings is 1. The second kappa shape index (κ2) is 8.29. The van der Waals surface area contributed by atoms with Gasteiger partial charge in [0.05, 0.1) is 12.2 Å². The summed E-state index contributed by atoms with van der Waals surface area (Å²) in [6, 6.07) is 3.59. The highest BCUT2D eigenvalue weighted by molar-refractivity contribution is 5.80. The van der Waals surface area contributed by atoms with E-state index in [9.17, 15) is 8.78 Å². The summed E-state index contributed by atoms with van der Waals surface area (Å²) in [5.41, 5.74) is 0.513. The largest absolute Gasteiger partial charge is 0.443 e. The monoisotopic (exact) mass is 364 g/mol. The molecule has 5 nitrogen and oxygen atoms in total. The number of hydrogen-bond acceptors (Lipinski definition) is 3. The van der Waals surface area contributed by atoms with Gasteiger partial charge in [-0.1, -0.05) is 26.8 Å². The maximum Gasteiger partial charge on any atom is 0.216 e. The molecule has 0 fully saturated rings. The molecule has 0 amide bonds. The van der Waals surface area contributed by atoms with Crippen LogP contribution in [0.15, 0.2) is 33.8 Å². The van der Waals surface area contributed by atoms with E-state index in [-0.39, 0.29) is 18.0 Å². The highest BCUT2D eigenvalue weighted by atomic mass is 19.2. The molecular formula is C19H26F2N4O. The first-order valence-corrected chi connectivity index (χ1v) is 8.65. The van der Waals surface area contributed by atoms with Crippen LogP contribution in [0, 0.1) is 11.6 Å². The van der Waals surface area contributed by atoms with E-state index in [1.54, 1.807) is 12.3 Å². The summed E-state index contributed by atoms with van der Waals surface area (Å²) in [5.74, 6) is 0.135. The number of halogens is 2. The summed E-state index contributed by atoms with van der Waals surface area (Å²) in [4.78, 5) is 8.71. The first-order chi connectivity index (χ1) is 12.2. The Balaban J connectivity index is 2.08. The van der Waals surface area contributed by atoms with Crippen LogP contribution in [0.3, 0.4) is 0 Å². The molecule has 2 rings (SSSR count). The van der Waals surface area contributed by atoms with Crippen LogP contribution < -0.4 is 10.6 Å². The van der Waals surface area contributed by atoms with Crippen molar-refractivity contribution in [3.05, 3.63) is 53.2 Å². The van der Waals surface area contributed by atoms with Gasteiger partial charge in [-0.25, -0.2) is 18.8 Å². The second-order valence-corrected chi connectivity index (χ2v) is 7.10. The highest BCUT2D eigenvalue weighted by Crippen LogP contribution is 2.22. The maximum absolute atomic E-state index is 13.4. The third-order valence-electron chi connectivity index (χ3n) is 3.81. The standard InChI is InChI=1S/C19H26F2N4O/c1-6-22-18(24-11-17-23-10-16(26-17)19(3,4)5)25-12(2)13-7-8-14(20)15(21)9-13/h7-10,12H,6,11H2,1-5H3,(H2,22,24,25). The Kier molecular flexibility index (Phi) is 6.34. The molecule has 0 aliphatic heterocycles. The van der Waals surface area contributed by atoms with E-state index in [0.29, 0.717) is 24.0 Å². The molecule has 0 saturated heterocycles. The molecular weight excluding hydrogens is 338 g/mol. The van der Waals surface area contributed by atoms with Gasteiger partial charge < -0.3 is 15.1 Å². The first-order valence-electron chi connectivity index (χ1n) is 8.65. The Morgan fingerprint density at radius 1 is 1.27 bits per heavy atom. The van der Waals surface area contributed by atoms with Gasteiger partial charge in [0.2, 0.25) is 5.89 Å². The normalized spacial score (nSPS) is 13.6. The van der Waals surface area contributed by atoms with E-state index in [2.05, 4.69) is 41.4 Å². The molecule has 1 atom stereocenters. The molecule has 2 N–H and O–H groups in total. The first kappa shape index (κ1) is 19.9. The van der Waals surface area contributed by atoms with Crippen LogP contribution in [-0.2, 0) is 12.0 Å². The smallest absolute Gasteiger partial charge is 0.216 e. The SMILES string of the molecule is CCNC(=NCc1ncc(C(C)(C)C)o1)NC(C)c1ccc(F)c(F)c1. The fourth-order valence-corrected chi connectivity index (χ4v) is 2.27. The van der Waals surface area contributed by atoms with E-state index in [1.165, 1.54) is 6.07 Å².